The number of benzene rings is 3. The first-order valence-electron chi connectivity index (χ1n) is 12.0. The van der Waals surface area contributed by atoms with Crippen LogP contribution >= 0.6 is 11.6 Å². The van der Waals surface area contributed by atoms with E-state index in [0.717, 1.165) is 6.42 Å². The van der Waals surface area contributed by atoms with Crippen LogP contribution in [0.15, 0.2) is 59.7 Å². The molecule has 0 atom stereocenters. The van der Waals surface area contributed by atoms with Gasteiger partial charge in [-0.25, -0.2) is 9.82 Å². The summed E-state index contributed by atoms with van der Waals surface area (Å²) in [5.74, 6) is 1.06. The summed E-state index contributed by atoms with van der Waals surface area (Å²) in [5, 5.41) is 4.34. The number of nitrogens with zero attached hydrogens (tertiary/aromatic N) is 1. The molecule has 3 rings (SSSR count). The molecule has 0 unspecified atom stereocenters. The molecule has 0 aliphatic rings. The molecule has 0 aromatic heterocycles. The average Bonchev–Trinajstić information content (AvgIpc) is 2.88. The Hall–Kier alpha value is -3.78. The van der Waals surface area contributed by atoms with Gasteiger partial charge in [-0.3, -0.25) is 4.79 Å². The van der Waals surface area contributed by atoms with Gasteiger partial charge in [-0.15, -0.1) is 0 Å². The molecule has 0 saturated heterocycles. The highest BCUT2D eigenvalue weighted by atomic mass is 35.5. The van der Waals surface area contributed by atoms with Crippen molar-refractivity contribution < 1.29 is 28.1 Å². The first-order valence-corrected chi connectivity index (χ1v) is 12.4. The van der Waals surface area contributed by atoms with Gasteiger partial charge in [-0.1, -0.05) is 30.7 Å². The highest BCUT2D eigenvalue weighted by Gasteiger charge is 2.14. The number of hydrogen-bond acceptors (Lipinski definition) is 6. The zero-order chi connectivity index (χ0) is 26.6. The van der Waals surface area contributed by atoms with Gasteiger partial charge in [0.05, 0.1) is 31.1 Å². The van der Waals surface area contributed by atoms with Gasteiger partial charge in [-0.05, 0) is 73.9 Å². The lowest BCUT2D eigenvalue weighted by Gasteiger charge is -2.14. The van der Waals surface area contributed by atoms with Gasteiger partial charge in [0.2, 0.25) is 0 Å². The Labute approximate surface area is 221 Å². The second-order valence-corrected chi connectivity index (χ2v) is 8.23. The van der Waals surface area contributed by atoms with Crippen LogP contribution in [0.1, 0.15) is 48.7 Å². The van der Waals surface area contributed by atoms with E-state index in [0.29, 0.717) is 64.5 Å². The number of ether oxygens (including phenoxy) is 4. The van der Waals surface area contributed by atoms with E-state index in [1.807, 2.05) is 20.8 Å². The third-order valence-corrected chi connectivity index (χ3v) is 5.23. The van der Waals surface area contributed by atoms with Gasteiger partial charge in [-0.2, -0.15) is 5.10 Å². The van der Waals surface area contributed by atoms with Crippen molar-refractivity contribution in [2.24, 2.45) is 5.10 Å². The number of nitrogens with one attached hydrogen (secondary N) is 1. The summed E-state index contributed by atoms with van der Waals surface area (Å²) < 4.78 is 36.3. The fourth-order valence-corrected chi connectivity index (χ4v) is 3.60. The van der Waals surface area contributed by atoms with Crippen molar-refractivity contribution >= 4 is 23.7 Å². The minimum Gasteiger partial charge on any atom is -0.490 e. The van der Waals surface area contributed by atoms with Crippen LogP contribution in [0.3, 0.4) is 0 Å². The number of rotatable bonds is 13. The second-order valence-electron chi connectivity index (χ2n) is 7.82. The molecular formula is C28H30ClFN2O5. The minimum absolute atomic E-state index is 0.118. The number of halogens is 2. The second kappa shape index (κ2) is 14.1. The highest BCUT2D eigenvalue weighted by Crippen LogP contribution is 2.37. The molecule has 1 amide bonds. The summed E-state index contributed by atoms with van der Waals surface area (Å²) in [6, 6.07) is 14.4. The van der Waals surface area contributed by atoms with Crippen LogP contribution < -0.4 is 24.4 Å². The molecule has 0 heterocycles. The Morgan fingerprint density at radius 1 is 0.946 bits per heavy atom. The molecule has 0 aliphatic heterocycles. The lowest BCUT2D eigenvalue weighted by molar-refractivity contribution is 0.0954. The summed E-state index contributed by atoms with van der Waals surface area (Å²) in [5.41, 5.74) is 4.12. The molecule has 1 N–H and O–H groups in total. The summed E-state index contributed by atoms with van der Waals surface area (Å²) in [7, 11) is 0. The number of hydrogen-bond donors (Lipinski definition) is 1. The summed E-state index contributed by atoms with van der Waals surface area (Å²) >= 11 is 6.45. The molecule has 7 nitrogen and oxygen atoms in total. The molecule has 0 bridgehead atoms. The van der Waals surface area contributed by atoms with Gasteiger partial charge in [0, 0.05) is 5.56 Å². The van der Waals surface area contributed by atoms with Crippen molar-refractivity contribution in [3.63, 3.8) is 0 Å². The molecule has 0 fully saturated rings. The Morgan fingerprint density at radius 2 is 1.73 bits per heavy atom. The molecule has 3 aromatic carbocycles. The summed E-state index contributed by atoms with van der Waals surface area (Å²) in [6.07, 6.45) is 2.31. The van der Waals surface area contributed by atoms with Crippen molar-refractivity contribution in [1.29, 1.82) is 0 Å². The Kier molecular flexibility index (Phi) is 10.6. The molecule has 37 heavy (non-hydrogen) atoms. The predicted molar refractivity (Wildman–Crippen MR) is 142 cm³/mol. The molecule has 3 aromatic rings. The van der Waals surface area contributed by atoms with Crippen LogP contribution in [0.5, 0.6) is 23.0 Å². The predicted octanol–water partition coefficient (Wildman–Crippen LogP) is 6.41. The molecule has 0 aliphatic carbocycles. The number of hydrazone groups is 1. The van der Waals surface area contributed by atoms with Crippen LogP contribution in [0.4, 0.5) is 4.39 Å². The zero-order valence-corrected chi connectivity index (χ0v) is 21.8. The highest BCUT2D eigenvalue weighted by molar-refractivity contribution is 6.32. The maximum Gasteiger partial charge on any atom is 0.271 e. The van der Waals surface area contributed by atoms with E-state index in [-0.39, 0.29) is 12.4 Å². The van der Waals surface area contributed by atoms with Gasteiger partial charge in [0.15, 0.2) is 23.0 Å². The quantitative estimate of drug-likeness (QED) is 0.205. The normalized spacial score (nSPS) is 10.8. The summed E-state index contributed by atoms with van der Waals surface area (Å²) in [6.45, 7) is 7.20. The standard InChI is InChI=1S/C28H30ClFN2O5/c1-4-12-36-24-11-10-21(16-25(24)34-5-2)28(33)32-31-17-20-14-23(29)27(26(15-20)35-6-3)37-18-19-8-7-9-22(30)13-19/h7-11,13-17H,4-6,12,18H2,1-3H3,(H,32,33)/b31-17+. The average molecular weight is 529 g/mol. The van der Waals surface area contributed by atoms with Crippen LogP contribution in [-0.2, 0) is 6.61 Å². The fourth-order valence-electron chi connectivity index (χ4n) is 3.33. The molecule has 0 spiro atoms. The maximum atomic E-state index is 13.5. The SMILES string of the molecule is CCCOc1ccc(C(=O)N/N=C/c2cc(Cl)c(OCc3cccc(F)c3)c(OCC)c2)cc1OCC. The smallest absolute Gasteiger partial charge is 0.271 e. The number of amides is 1. The van der Waals surface area contributed by atoms with E-state index in [9.17, 15) is 9.18 Å². The maximum absolute atomic E-state index is 13.5. The lowest BCUT2D eigenvalue weighted by atomic mass is 10.2. The van der Waals surface area contributed by atoms with Crippen molar-refractivity contribution in [3.05, 3.63) is 82.1 Å². The molecule has 9 heteroatoms. The third kappa shape index (κ3) is 8.11. The topological polar surface area (TPSA) is 78.4 Å². The van der Waals surface area contributed by atoms with Crippen LogP contribution in [0, 0.1) is 5.82 Å². The first-order chi connectivity index (χ1) is 17.9. The molecule has 0 saturated carbocycles. The van der Waals surface area contributed by atoms with E-state index >= 15 is 0 Å². The van der Waals surface area contributed by atoms with Crippen molar-refractivity contribution in [2.75, 3.05) is 19.8 Å². The van der Waals surface area contributed by atoms with E-state index in [1.165, 1.54) is 18.3 Å². The minimum atomic E-state index is -0.412. The number of carbonyl (C=O) groups is 1. The first kappa shape index (κ1) is 27.8. The number of carbonyl (C=O) groups excluding carboxylic acids is 1. The Bertz CT molecular complexity index is 1240. The van der Waals surface area contributed by atoms with Crippen molar-refractivity contribution in [3.8, 4) is 23.0 Å². The van der Waals surface area contributed by atoms with Gasteiger partial charge >= 0.3 is 0 Å². The Balaban J connectivity index is 1.71. The van der Waals surface area contributed by atoms with E-state index < -0.39 is 5.91 Å². The fraction of sp³-hybridized carbons (Fsp3) is 0.286. The van der Waals surface area contributed by atoms with Gasteiger partial charge < -0.3 is 18.9 Å². The monoisotopic (exact) mass is 528 g/mol. The van der Waals surface area contributed by atoms with Gasteiger partial charge in [0.25, 0.3) is 5.91 Å². The van der Waals surface area contributed by atoms with Crippen LogP contribution in [0.2, 0.25) is 5.02 Å². The van der Waals surface area contributed by atoms with E-state index in [1.54, 1.807) is 42.5 Å². The lowest BCUT2D eigenvalue weighted by Crippen LogP contribution is -2.17. The zero-order valence-electron chi connectivity index (χ0n) is 21.1. The van der Waals surface area contributed by atoms with Crippen molar-refractivity contribution in [1.82, 2.24) is 5.43 Å². The molecule has 0 radical (unpaired) electrons. The van der Waals surface area contributed by atoms with E-state index in [4.69, 9.17) is 30.5 Å². The summed E-state index contributed by atoms with van der Waals surface area (Å²) in [4.78, 5) is 12.6. The molecular weight excluding hydrogens is 499 g/mol. The third-order valence-electron chi connectivity index (χ3n) is 4.95. The van der Waals surface area contributed by atoms with Crippen LogP contribution in [0.25, 0.3) is 0 Å². The Morgan fingerprint density at radius 3 is 2.46 bits per heavy atom. The van der Waals surface area contributed by atoms with Crippen molar-refractivity contribution in [2.45, 2.75) is 33.8 Å². The van der Waals surface area contributed by atoms with E-state index in [2.05, 4.69) is 10.5 Å². The van der Waals surface area contributed by atoms with Crippen LogP contribution in [-0.4, -0.2) is 31.9 Å². The largest absolute Gasteiger partial charge is 0.490 e. The molecule has 196 valence electrons. The van der Waals surface area contributed by atoms with Gasteiger partial charge in [0.1, 0.15) is 12.4 Å².